The number of nitrogens with two attached hydrogens (primary N) is 1. The van der Waals surface area contributed by atoms with Crippen molar-refractivity contribution in [2.24, 2.45) is 12.2 Å². The van der Waals surface area contributed by atoms with Gasteiger partial charge in [-0.05, 0) is 49.7 Å². The maximum Gasteiger partial charge on any atom is 0.238 e. The quantitative estimate of drug-likeness (QED) is 0.486. The predicted molar refractivity (Wildman–Crippen MR) is 119 cm³/mol. The lowest BCUT2D eigenvalue weighted by molar-refractivity contribution is 0.597. The molecule has 2 heterocycles. The lowest BCUT2D eigenvalue weighted by atomic mass is 10.2. The number of primary sulfonamides is 1. The number of rotatable bonds is 5. The van der Waals surface area contributed by atoms with Gasteiger partial charge in [-0.15, -0.1) is 0 Å². The van der Waals surface area contributed by atoms with E-state index in [1.807, 2.05) is 48.8 Å². The van der Waals surface area contributed by atoms with E-state index in [0.29, 0.717) is 17.2 Å². The molecule has 0 bridgehead atoms. The molecule has 0 aliphatic rings. The highest BCUT2D eigenvalue weighted by molar-refractivity contribution is 7.89. The van der Waals surface area contributed by atoms with Crippen LogP contribution in [0.4, 0.5) is 23.3 Å². The number of hydrogen-bond acceptors (Lipinski definition) is 8. The molecule has 0 fully saturated rings. The van der Waals surface area contributed by atoms with E-state index in [2.05, 4.69) is 25.4 Å². The second-order valence-corrected chi connectivity index (χ2v) is 8.76. The van der Waals surface area contributed by atoms with Gasteiger partial charge >= 0.3 is 0 Å². The van der Waals surface area contributed by atoms with Crippen LogP contribution >= 0.6 is 0 Å². The van der Waals surface area contributed by atoms with Crippen molar-refractivity contribution in [3.63, 3.8) is 0 Å². The number of aryl methyl sites for hydroxylation is 3. The van der Waals surface area contributed by atoms with E-state index in [9.17, 15) is 8.42 Å². The number of fused-ring (bicyclic) bond motifs is 1. The molecule has 0 radical (unpaired) electrons. The smallest absolute Gasteiger partial charge is 0.238 e. The van der Waals surface area contributed by atoms with Gasteiger partial charge in [0, 0.05) is 36.6 Å². The average molecular weight is 439 g/mol. The normalized spacial score (nSPS) is 11.6. The van der Waals surface area contributed by atoms with Crippen LogP contribution in [-0.4, -0.2) is 40.2 Å². The van der Waals surface area contributed by atoms with Crippen LogP contribution in [0.2, 0.25) is 0 Å². The molecule has 0 saturated carbocycles. The Morgan fingerprint density at radius 3 is 2.61 bits per heavy atom. The summed E-state index contributed by atoms with van der Waals surface area (Å²) in [6.07, 6.45) is 1.39. The molecule has 0 spiro atoms. The van der Waals surface area contributed by atoms with Crippen LogP contribution in [0.15, 0.2) is 47.6 Å². The minimum atomic E-state index is -3.83. The molecule has 0 aliphatic heterocycles. The molecule has 11 heteroatoms. The van der Waals surface area contributed by atoms with Gasteiger partial charge in [-0.25, -0.2) is 23.5 Å². The largest absolute Gasteiger partial charge is 0.324 e. The molecule has 2 aromatic heterocycles. The summed E-state index contributed by atoms with van der Waals surface area (Å²) in [6, 6.07) is 10.8. The molecule has 3 N–H and O–H groups in total. The summed E-state index contributed by atoms with van der Waals surface area (Å²) < 4.78 is 25.4. The van der Waals surface area contributed by atoms with Crippen molar-refractivity contribution in [1.82, 2.24) is 24.7 Å². The minimum absolute atomic E-state index is 0.0443. The van der Waals surface area contributed by atoms with Crippen LogP contribution in [0, 0.1) is 13.8 Å². The van der Waals surface area contributed by atoms with Crippen molar-refractivity contribution < 1.29 is 8.42 Å². The highest BCUT2D eigenvalue weighted by Crippen LogP contribution is 2.27. The Labute approximate surface area is 179 Å². The lowest BCUT2D eigenvalue weighted by Crippen LogP contribution is -2.15. The topological polar surface area (TPSA) is 132 Å². The first kappa shape index (κ1) is 20.7. The molecule has 4 rings (SSSR count). The standard InChI is InChI=1S/C20H22N8O2S/c1-12-5-6-14(9-18(12)31(21,29)30)24-19-22-11-23-20(25-19)27(3)15-7-8-16-13(2)28(4)26-17(16)10-15/h5-11H,1-4H3,(H2,21,29,30)(H,22,23,24,25). The summed E-state index contributed by atoms with van der Waals surface area (Å²) in [4.78, 5) is 14.7. The van der Waals surface area contributed by atoms with Gasteiger partial charge in [0.25, 0.3) is 0 Å². The highest BCUT2D eigenvalue weighted by atomic mass is 32.2. The van der Waals surface area contributed by atoms with Crippen molar-refractivity contribution in [2.75, 3.05) is 17.3 Å². The molecule has 0 amide bonds. The number of nitrogens with one attached hydrogen (secondary N) is 1. The van der Waals surface area contributed by atoms with Gasteiger partial charge in [-0.1, -0.05) is 6.07 Å². The Hall–Kier alpha value is -3.57. The van der Waals surface area contributed by atoms with Crippen LogP contribution < -0.4 is 15.4 Å². The van der Waals surface area contributed by atoms with E-state index < -0.39 is 10.0 Å². The third kappa shape index (κ3) is 4.05. The fourth-order valence-electron chi connectivity index (χ4n) is 3.27. The first-order valence-electron chi connectivity index (χ1n) is 9.40. The zero-order valence-electron chi connectivity index (χ0n) is 17.5. The Bertz CT molecular complexity index is 1400. The van der Waals surface area contributed by atoms with E-state index in [0.717, 1.165) is 22.3 Å². The fourth-order valence-corrected chi connectivity index (χ4v) is 4.07. The first-order valence-corrected chi connectivity index (χ1v) is 10.9. The van der Waals surface area contributed by atoms with Gasteiger partial charge in [0.2, 0.25) is 21.9 Å². The molecule has 0 unspecified atom stereocenters. The molecule has 0 atom stereocenters. The Kier molecular flexibility index (Phi) is 5.07. The van der Waals surface area contributed by atoms with E-state index in [1.54, 1.807) is 19.1 Å². The number of nitrogens with zero attached hydrogens (tertiary/aromatic N) is 6. The van der Waals surface area contributed by atoms with E-state index in [1.165, 1.54) is 12.4 Å². The Morgan fingerprint density at radius 1 is 1.10 bits per heavy atom. The molecular weight excluding hydrogens is 416 g/mol. The van der Waals surface area contributed by atoms with Gasteiger partial charge in [-0.3, -0.25) is 4.68 Å². The Morgan fingerprint density at radius 2 is 1.87 bits per heavy atom. The molecule has 0 saturated heterocycles. The van der Waals surface area contributed by atoms with E-state index in [4.69, 9.17) is 5.14 Å². The van der Waals surface area contributed by atoms with Crippen molar-refractivity contribution in [3.8, 4) is 0 Å². The second-order valence-electron chi connectivity index (χ2n) is 7.23. The van der Waals surface area contributed by atoms with Crippen molar-refractivity contribution in [1.29, 1.82) is 0 Å². The lowest BCUT2D eigenvalue weighted by Gasteiger charge is -2.17. The SMILES string of the molecule is Cc1ccc(Nc2ncnc(N(C)c3ccc4c(C)n(C)nc4c3)n2)cc1S(N)(=O)=O. The summed E-state index contributed by atoms with van der Waals surface area (Å²) in [5.74, 6) is 0.694. The number of aromatic nitrogens is 5. The van der Waals surface area contributed by atoms with Crippen LogP contribution in [0.3, 0.4) is 0 Å². The summed E-state index contributed by atoms with van der Waals surface area (Å²) in [7, 11) is -0.0743. The van der Waals surface area contributed by atoms with Crippen molar-refractivity contribution >= 4 is 44.2 Å². The van der Waals surface area contributed by atoms with Crippen molar-refractivity contribution in [3.05, 3.63) is 54.0 Å². The number of hydrogen-bond donors (Lipinski definition) is 2. The monoisotopic (exact) mass is 438 g/mol. The van der Waals surface area contributed by atoms with E-state index >= 15 is 0 Å². The maximum atomic E-state index is 11.8. The van der Waals surface area contributed by atoms with Gasteiger partial charge < -0.3 is 10.2 Å². The summed E-state index contributed by atoms with van der Waals surface area (Å²) in [5.41, 5.74) is 3.90. The minimum Gasteiger partial charge on any atom is -0.324 e. The molecule has 2 aromatic carbocycles. The number of benzene rings is 2. The molecular formula is C20H22N8O2S. The van der Waals surface area contributed by atoms with Gasteiger partial charge in [-0.2, -0.15) is 10.1 Å². The highest BCUT2D eigenvalue weighted by Gasteiger charge is 2.14. The van der Waals surface area contributed by atoms with Crippen LogP contribution in [0.1, 0.15) is 11.3 Å². The summed E-state index contributed by atoms with van der Waals surface area (Å²) in [5, 5.41) is 13.9. The zero-order valence-corrected chi connectivity index (χ0v) is 18.3. The molecule has 0 aliphatic carbocycles. The fraction of sp³-hybridized carbons (Fsp3) is 0.200. The number of sulfonamides is 1. The molecule has 4 aromatic rings. The third-order valence-corrected chi connectivity index (χ3v) is 6.16. The zero-order chi connectivity index (χ0) is 22.3. The predicted octanol–water partition coefficient (Wildman–Crippen LogP) is 2.53. The third-order valence-electron chi connectivity index (χ3n) is 5.11. The van der Waals surface area contributed by atoms with Gasteiger partial charge in [0.15, 0.2) is 0 Å². The Balaban J connectivity index is 1.63. The second kappa shape index (κ2) is 7.60. The first-order chi connectivity index (χ1) is 14.6. The molecule has 160 valence electrons. The van der Waals surface area contributed by atoms with Crippen LogP contribution in [0.5, 0.6) is 0 Å². The summed E-state index contributed by atoms with van der Waals surface area (Å²) in [6.45, 7) is 3.70. The van der Waals surface area contributed by atoms with Crippen LogP contribution in [-0.2, 0) is 17.1 Å². The molecule has 31 heavy (non-hydrogen) atoms. The number of anilines is 4. The molecule has 10 nitrogen and oxygen atoms in total. The van der Waals surface area contributed by atoms with Crippen LogP contribution in [0.25, 0.3) is 10.9 Å². The van der Waals surface area contributed by atoms with Gasteiger partial charge in [0.1, 0.15) is 6.33 Å². The summed E-state index contributed by atoms with van der Waals surface area (Å²) >= 11 is 0. The maximum absolute atomic E-state index is 11.8. The van der Waals surface area contributed by atoms with E-state index in [-0.39, 0.29) is 10.8 Å². The van der Waals surface area contributed by atoms with Crippen molar-refractivity contribution in [2.45, 2.75) is 18.7 Å². The average Bonchev–Trinajstić information content (AvgIpc) is 3.01. The van der Waals surface area contributed by atoms with Gasteiger partial charge in [0.05, 0.1) is 10.4 Å².